The molecule has 0 spiro atoms. The number of hydrogen-bond acceptors (Lipinski definition) is 5. The fraction of sp³-hybridized carbons (Fsp3) is 0.320. The van der Waals surface area contributed by atoms with Gasteiger partial charge in [0.15, 0.2) is 5.12 Å². The van der Waals surface area contributed by atoms with Crippen LogP contribution in [0.1, 0.15) is 47.4 Å². The van der Waals surface area contributed by atoms with E-state index in [2.05, 4.69) is 21.9 Å². The van der Waals surface area contributed by atoms with Crippen LogP contribution in [0.2, 0.25) is 0 Å². The summed E-state index contributed by atoms with van der Waals surface area (Å²) in [6.07, 6.45) is -4.05. The van der Waals surface area contributed by atoms with Crippen LogP contribution < -0.4 is 5.32 Å². The molecule has 1 aromatic heterocycles. The number of nitrogens with zero attached hydrogens (tertiary/aromatic N) is 2. The molecule has 0 fully saturated rings. The highest BCUT2D eigenvalue weighted by molar-refractivity contribution is 8.17. The van der Waals surface area contributed by atoms with Crippen molar-refractivity contribution in [3.63, 3.8) is 0 Å². The molecule has 2 rings (SSSR count). The van der Waals surface area contributed by atoms with Crippen molar-refractivity contribution < 1.29 is 31.1 Å². The molecule has 0 aliphatic rings. The van der Waals surface area contributed by atoms with Crippen LogP contribution in [0.5, 0.6) is 0 Å². The molecule has 4 nitrogen and oxygen atoms in total. The number of carbonyl (C=O) groups excluding carboxylic acids is 1. The maximum absolute atomic E-state index is 12.4. The Morgan fingerprint density at radius 2 is 1.81 bits per heavy atom. The lowest BCUT2D eigenvalue weighted by molar-refractivity contribution is -0.143. The number of halogens is 6. The zero-order chi connectivity index (χ0) is 27.7. The van der Waals surface area contributed by atoms with E-state index in [1.807, 2.05) is 19.1 Å². The zero-order valence-corrected chi connectivity index (χ0v) is 21.3. The van der Waals surface area contributed by atoms with Crippen LogP contribution in [-0.2, 0) is 23.6 Å². The van der Waals surface area contributed by atoms with Crippen molar-refractivity contribution in [3.05, 3.63) is 81.2 Å². The molecule has 1 heterocycles. The Bertz CT molecular complexity index is 1140. The Labute approximate surface area is 210 Å². The van der Waals surface area contributed by atoms with Gasteiger partial charge in [-0.15, -0.1) is 0 Å². The van der Waals surface area contributed by atoms with E-state index in [1.54, 1.807) is 26.5 Å². The van der Waals surface area contributed by atoms with E-state index < -0.39 is 23.5 Å². The van der Waals surface area contributed by atoms with Crippen LogP contribution in [0.3, 0.4) is 0 Å². The van der Waals surface area contributed by atoms with E-state index in [0.29, 0.717) is 11.8 Å². The first-order chi connectivity index (χ1) is 16.6. The molecule has 0 unspecified atom stereocenters. The minimum Gasteiger partial charge on any atom is -0.388 e. The van der Waals surface area contributed by atoms with E-state index in [-0.39, 0.29) is 23.2 Å². The number of hydrogen-bond donors (Lipinski definition) is 1. The van der Waals surface area contributed by atoms with E-state index in [9.17, 15) is 31.1 Å². The Morgan fingerprint density at radius 3 is 2.28 bits per heavy atom. The van der Waals surface area contributed by atoms with Crippen molar-refractivity contribution in [2.75, 3.05) is 14.1 Å². The molecule has 2 aromatic rings. The smallest absolute Gasteiger partial charge is 0.388 e. The number of alkyl halides is 6. The standard InChI is InChI=1S/C15H19N3OS.C10H8F6/c1-10-8-18-14(6-13(10)9-16-4)7-15(11(2)17-5)20-12(3)19;1-2-6-3-4-7(9(11,12)13)5-8(6)10(14,15)16/h6-9,17H,2H2,1,3-5H3;3-5H,2H2,1H3/b15-7-,16-9?;. The summed E-state index contributed by atoms with van der Waals surface area (Å²) in [4.78, 5) is 20.4. The van der Waals surface area contributed by atoms with Crippen LogP contribution in [0.15, 0.2) is 52.6 Å². The Balaban J connectivity index is 0.000000369. The number of nitrogens with one attached hydrogen (secondary N) is 1. The number of likely N-dealkylation sites (N-methyl/N-ethyl adjacent to an activating group) is 1. The molecule has 1 N–H and O–H groups in total. The molecule has 0 radical (unpaired) electrons. The Morgan fingerprint density at radius 1 is 1.17 bits per heavy atom. The third kappa shape index (κ3) is 9.52. The third-order valence-corrected chi connectivity index (χ3v) is 5.56. The van der Waals surface area contributed by atoms with E-state index in [0.717, 1.165) is 39.6 Å². The molecule has 0 saturated heterocycles. The molecular weight excluding hydrogens is 504 g/mol. The van der Waals surface area contributed by atoms with Crippen molar-refractivity contribution in [2.45, 2.75) is 39.5 Å². The Kier molecular flexibility index (Phi) is 11.4. The van der Waals surface area contributed by atoms with Gasteiger partial charge in [0, 0.05) is 44.0 Å². The van der Waals surface area contributed by atoms with E-state index in [1.165, 1.54) is 13.8 Å². The molecule has 196 valence electrons. The lowest BCUT2D eigenvalue weighted by Gasteiger charge is -2.14. The van der Waals surface area contributed by atoms with Crippen molar-refractivity contribution in [3.8, 4) is 0 Å². The number of thioether (sulfide) groups is 1. The molecule has 0 aliphatic carbocycles. The summed E-state index contributed by atoms with van der Waals surface area (Å²) >= 11 is 1.14. The fourth-order valence-electron chi connectivity index (χ4n) is 2.83. The van der Waals surface area contributed by atoms with Gasteiger partial charge in [0.05, 0.1) is 16.8 Å². The monoisotopic (exact) mass is 531 g/mol. The topological polar surface area (TPSA) is 54.4 Å². The highest BCUT2D eigenvalue weighted by Gasteiger charge is 2.37. The molecular formula is C25H27F6N3OS. The number of aryl methyl sites for hydroxylation is 2. The van der Waals surface area contributed by atoms with Crippen LogP contribution in [0.4, 0.5) is 26.3 Å². The van der Waals surface area contributed by atoms with Gasteiger partial charge in [-0.05, 0) is 54.3 Å². The number of carbonyl (C=O) groups is 1. The third-order valence-electron chi connectivity index (χ3n) is 4.69. The second kappa shape index (κ2) is 13.3. The summed E-state index contributed by atoms with van der Waals surface area (Å²) in [6.45, 7) is 8.86. The van der Waals surface area contributed by atoms with Gasteiger partial charge in [-0.3, -0.25) is 14.8 Å². The van der Waals surface area contributed by atoms with Gasteiger partial charge in [0.1, 0.15) is 0 Å². The first kappa shape index (κ1) is 31.0. The zero-order valence-electron chi connectivity index (χ0n) is 20.4. The molecule has 0 bridgehead atoms. The molecule has 0 amide bonds. The second-order valence-corrected chi connectivity index (χ2v) is 8.62. The number of benzene rings is 1. The summed E-state index contributed by atoms with van der Waals surface area (Å²) < 4.78 is 74.0. The lowest BCUT2D eigenvalue weighted by Crippen LogP contribution is -2.13. The first-order valence-electron chi connectivity index (χ1n) is 10.6. The summed E-state index contributed by atoms with van der Waals surface area (Å²) in [5.41, 5.74) is 0.892. The summed E-state index contributed by atoms with van der Waals surface area (Å²) in [6, 6.07) is 3.62. The normalized spacial score (nSPS) is 12.2. The number of rotatable bonds is 6. The lowest BCUT2D eigenvalue weighted by atomic mass is 10.0. The highest BCUT2D eigenvalue weighted by Crippen LogP contribution is 2.37. The summed E-state index contributed by atoms with van der Waals surface area (Å²) in [5.74, 6) is 0. The van der Waals surface area contributed by atoms with E-state index in [4.69, 9.17) is 0 Å². The van der Waals surface area contributed by atoms with Gasteiger partial charge >= 0.3 is 12.4 Å². The number of pyridine rings is 1. The quantitative estimate of drug-likeness (QED) is 0.246. The number of aliphatic imine (C=N–C) groups is 1. The maximum atomic E-state index is 12.4. The minimum absolute atomic E-state index is 0.00936. The molecule has 0 saturated carbocycles. The van der Waals surface area contributed by atoms with Crippen molar-refractivity contribution in [2.24, 2.45) is 4.99 Å². The minimum atomic E-state index is -4.76. The highest BCUT2D eigenvalue weighted by atomic mass is 32.2. The molecule has 0 atom stereocenters. The predicted octanol–water partition coefficient (Wildman–Crippen LogP) is 7.08. The second-order valence-electron chi connectivity index (χ2n) is 7.40. The fourth-order valence-corrected chi connectivity index (χ4v) is 3.54. The van der Waals surface area contributed by atoms with Gasteiger partial charge in [0.2, 0.25) is 0 Å². The SMILES string of the molecule is C=C(NC)/C(=C/c1cc(C=NC)c(C)cn1)SC(C)=O.CCc1ccc(C(F)(F)F)cc1C(F)(F)F. The van der Waals surface area contributed by atoms with Crippen LogP contribution in [0.25, 0.3) is 6.08 Å². The largest absolute Gasteiger partial charge is 0.416 e. The van der Waals surface area contributed by atoms with Crippen molar-refractivity contribution >= 4 is 29.2 Å². The van der Waals surface area contributed by atoms with Gasteiger partial charge in [-0.1, -0.05) is 31.3 Å². The van der Waals surface area contributed by atoms with Gasteiger partial charge in [0.25, 0.3) is 0 Å². The van der Waals surface area contributed by atoms with Crippen LogP contribution in [0, 0.1) is 6.92 Å². The molecule has 11 heteroatoms. The van der Waals surface area contributed by atoms with Crippen LogP contribution in [-0.4, -0.2) is 30.4 Å². The van der Waals surface area contributed by atoms with Gasteiger partial charge in [-0.25, -0.2) is 0 Å². The number of aromatic nitrogens is 1. The van der Waals surface area contributed by atoms with Crippen LogP contribution >= 0.6 is 11.8 Å². The van der Waals surface area contributed by atoms with Gasteiger partial charge < -0.3 is 5.32 Å². The first-order valence-corrected chi connectivity index (χ1v) is 11.4. The summed E-state index contributed by atoms with van der Waals surface area (Å²) in [5, 5.41) is 2.96. The molecule has 0 aliphatic heterocycles. The average molecular weight is 532 g/mol. The molecule has 36 heavy (non-hydrogen) atoms. The predicted molar refractivity (Wildman–Crippen MR) is 133 cm³/mol. The average Bonchev–Trinajstić information content (AvgIpc) is 2.79. The van der Waals surface area contributed by atoms with Crippen molar-refractivity contribution in [1.29, 1.82) is 0 Å². The Hall–Kier alpha value is -3.08. The van der Waals surface area contributed by atoms with E-state index >= 15 is 0 Å². The summed E-state index contributed by atoms with van der Waals surface area (Å²) in [7, 11) is 3.50. The van der Waals surface area contributed by atoms with Crippen molar-refractivity contribution in [1.82, 2.24) is 10.3 Å². The maximum Gasteiger partial charge on any atom is 0.416 e. The molecule has 1 aromatic carbocycles. The van der Waals surface area contributed by atoms with Gasteiger partial charge in [-0.2, -0.15) is 26.3 Å².